The van der Waals surface area contributed by atoms with Crippen LogP contribution in [0, 0.1) is 0 Å². The molecule has 9 nitrogen and oxygen atoms in total. The van der Waals surface area contributed by atoms with Gasteiger partial charge < -0.3 is 25.2 Å². The van der Waals surface area contributed by atoms with Crippen molar-refractivity contribution in [2.24, 2.45) is 0 Å². The highest BCUT2D eigenvalue weighted by Crippen LogP contribution is 2.37. The highest BCUT2D eigenvalue weighted by molar-refractivity contribution is 6.27. The summed E-state index contributed by atoms with van der Waals surface area (Å²) >= 11 is 0. The van der Waals surface area contributed by atoms with Crippen LogP contribution >= 0.6 is 0 Å². The first-order valence-electron chi connectivity index (χ1n) is 10.3. The minimum absolute atomic E-state index is 0.0251. The van der Waals surface area contributed by atoms with E-state index in [4.69, 9.17) is 24.5 Å². The average Bonchev–Trinajstić information content (AvgIpc) is 2.76. The lowest BCUT2D eigenvalue weighted by atomic mass is 10.00. The van der Waals surface area contributed by atoms with E-state index in [0.717, 1.165) is 36.4 Å². The minimum atomic E-state index is -1.82. The van der Waals surface area contributed by atoms with Crippen LogP contribution in [0.1, 0.15) is 43.1 Å². The molecule has 0 unspecified atom stereocenters. The standard InChI is InChI=1S/C21H27N3O2.C2H2O4/c1-21(2,3)23-12-14-26-18-10-4-7-16-9-6-13-24(19(16)18)20(25)17-8-5-11-22-15-17;3-1(4)2(5)6/h4-5,7-8,10-11,15,23H,6,9,12-14H2,1-3H3;(H,3,4)(H,5,6). The number of ether oxygens (including phenoxy) is 1. The summed E-state index contributed by atoms with van der Waals surface area (Å²) in [6, 6.07) is 9.63. The Morgan fingerprint density at radius 2 is 1.84 bits per heavy atom. The van der Waals surface area contributed by atoms with Crippen LogP contribution in [-0.4, -0.2) is 58.3 Å². The van der Waals surface area contributed by atoms with Crippen LogP contribution in [0.15, 0.2) is 42.7 Å². The fourth-order valence-corrected chi connectivity index (χ4v) is 3.17. The largest absolute Gasteiger partial charge is 0.490 e. The van der Waals surface area contributed by atoms with Crippen LogP contribution < -0.4 is 15.0 Å². The third kappa shape index (κ3) is 7.35. The van der Waals surface area contributed by atoms with Crippen molar-refractivity contribution in [3.05, 3.63) is 53.9 Å². The molecule has 32 heavy (non-hydrogen) atoms. The average molecular weight is 444 g/mol. The molecule has 3 N–H and O–H groups in total. The molecule has 0 saturated heterocycles. The van der Waals surface area contributed by atoms with E-state index in [2.05, 4.69) is 37.1 Å². The van der Waals surface area contributed by atoms with Gasteiger partial charge in [-0.25, -0.2) is 9.59 Å². The van der Waals surface area contributed by atoms with Crippen LogP contribution in [0.25, 0.3) is 0 Å². The predicted octanol–water partition coefficient (Wildman–Crippen LogP) is 2.60. The van der Waals surface area contributed by atoms with E-state index in [1.165, 1.54) is 0 Å². The molecule has 1 amide bonds. The Kier molecular flexibility index (Phi) is 8.71. The SMILES string of the molecule is CC(C)(C)NCCOc1cccc2c1N(C(=O)c1cccnc1)CCC2.O=C(O)C(=O)O. The Bertz CT molecular complexity index is 928. The van der Waals surface area contributed by atoms with Gasteiger partial charge in [0.05, 0.1) is 11.3 Å². The molecular weight excluding hydrogens is 414 g/mol. The molecule has 3 rings (SSSR count). The number of hydrogen-bond acceptors (Lipinski definition) is 6. The lowest BCUT2D eigenvalue weighted by Gasteiger charge is -2.31. The van der Waals surface area contributed by atoms with E-state index in [9.17, 15) is 4.79 Å². The molecule has 1 aromatic carbocycles. The van der Waals surface area contributed by atoms with Crippen LogP contribution in [-0.2, 0) is 16.0 Å². The fourth-order valence-electron chi connectivity index (χ4n) is 3.17. The lowest BCUT2D eigenvalue weighted by Crippen LogP contribution is -2.39. The first-order valence-corrected chi connectivity index (χ1v) is 10.3. The second kappa shape index (κ2) is 11.2. The quantitative estimate of drug-likeness (QED) is 0.475. The summed E-state index contributed by atoms with van der Waals surface area (Å²) in [5, 5.41) is 18.2. The molecule has 172 valence electrons. The van der Waals surface area contributed by atoms with Crippen molar-refractivity contribution in [3.8, 4) is 5.75 Å². The summed E-state index contributed by atoms with van der Waals surface area (Å²) in [6.07, 6.45) is 5.21. The van der Waals surface area contributed by atoms with Crippen LogP contribution in [0.4, 0.5) is 5.69 Å². The molecule has 1 aliphatic rings. The Hall–Kier alpha value is -3.46. The number of aliphatic carboxylic acids is 2. The number of hydrogen-bond donors (Lipinski definition) is 3. The summed E-state index contributed by atoms with van der Waals surface area (Å²) in [5.41, 5.74) is 2.73. The molecule has 0 bridgehead atoms. The Morgan fingerprint density at radius 1 is 1.12 bits per heavy atom. The van der Waals surface area contributed by atoms with Crippen molar-refractivity contribution < 1.29 is 29.3 Å². The number of carboxylic acids is 2. The van der Waals surface area contributed by atoms with Crippen molar-refractivity contribution in [1.82, 2.24) is 10.3 Å². The Labute approximate surface area is 187 Å². The van der Waals surface area contributed by atoms with Gasteiger partial charge in [0.2, 0.25) is 0 Å². The van der Waals surface area contributed by atoms with Gasteiger partial charge in [-0.1, -0.05) is 12.1 Å². The lowest BCUT2D eigenvalue weighted by molar-refractivity contribution is -0.159. The van der Waals surface area contributed by atoms with Gasteiger partial charge in [-0.05, 0) is 57.4 Å². The number of para-hydroxylation sites is 1. The van der Waals surface area contributed by atoms with Crippen molar-refractivity contribution in [2.75, 3.05) is 24.6 Å². The van der Waals surface area contributed by atoms with Gasteiger partial charge in [0.1, 0.15) is 12.4 Å². The molecule has 2 aromatic rings. The summed E-state index contributed by atoms with van der Waals surface area (Å²) < 4.78 is 6.04. The number of carboxylic acid groups (broad SMARTS) is 2. The number of carbonyl (C=O) groups is 3. The normalized spacial score (nSPS) is 12.8. The number of fused-ring (bicyclic) bond motifs is 1. The van der Waals surface area contributed by atoms with Crippen LogP contribution in [0.5, 0.6) is 5.75 Å². The Morgan fingerprint density at radius 3 is 2.44 bits per heavy atom. The first kappa shape index (κ1) is 24.8. The third-order valence-corrected chi connectivity index (χ3v) is 4.53. The number of anilines is 1. The smallest absolute Gasteiger partial charge is 0.414 e. The summed E-state index contributed by atoms with van der Waals surface area (Å²) in [4.78, 5) is 37.1. The molecule has 0 radical (unpaired) electrons. The number of benzene rings is 1. The molecule has 0 saturated carbocycles. The molecule has 0 fully saturated rings. The molecule has 2 heterocycles. The maximum atomic E-state index is 13.0. The van der Waals surface area contributed by atoms with Gasteiger partial charge in [-0.15, -0.1) is 0 Å². The molecule has 1 aromatic heterocycles. The van der Waals surface area contributed by atoms with Crippen LogP contribution in [0.2, 0.25) is 0 Å². The zero-order valence-corrected chi connectivity index (χ0v) is 18.5. The maximum Gasteiger partial charge on any atom is 0.414 e. The van der Waals surface area contributed by atoms with E-state index in [0.29, 0.717) is 18.7 Å². The minimum Gasteiger partial charge on any atom is -0.490 e. The van der Waals surface area contributed by atoms with E-state index >= 15 is 0 Å². The fraction of sp³-hybridized carbons (Fsp3) is 0.391. The number of nitrogens with one attached hydrogen (secondary N) is 1. The molecular formula is C23H29N3O6. The summed E-state index contributed by atoms with van der Waals surface area (Å²) in [6.45, 7) is 8.40. The van der Waals surface area contributed by atoms with E-state index in [1.54, 1.807) is 24.5 Å². The zero-order valence-electron chi connectivity index (χ0n) is 18.5. The second-order valence-electron chi connectivity index (χ2n) is 8.20. The maximum absolute atomic E-state index is 13.0. The van der Waals surface area contributed by atoms with E-state index in [1.807, 2.05) is 17.0 Å². The predicted molar refractivity (Wildman–Crippen MR) is 119 cm³/mol. The molecule has 0 spiro atoms. The number of pyridine rings is 1. The van der Waals surface area contributed by atoms with Crippen LogP contribution in [0.3, 0.4) is 0 Å². The highest BCUT2D eigenvalue weighted by Gasteiger charge is 2.27. The number of nitrogens with zero attached hydrogens (tertiary/aromatic N) is 2. The van der Waals surface area contributed by atoms with Gasteiger partial charge in [-0.2, -0.15) is 0 Å². The summed E-state index contributed by atoms with van der Waals surface area (Å²) in [5.74, 6) is -2.90. The van der Waals surface area contributed by atoms with Gasteiger partial charge in [0.15, 0.2) is 0 Å². The monoisotopic (exact) mass is 443 g/mol. The van der Waals surface area contributed by atoms with E-state index < -0.39 is 11.9 Å². The van der Waals surface area contributed by atoms with Gasteiger partial charge >= 0.3 is 11.9 Å². The second-order valence-corrected chi connectivity index (χ2v) is 8.20. The summed E-state index contributed by atoms with van der Waals surface area (Å²) in [7, 11) is 0. The number of rotatable bonds is 5. The number of carbonyl (C=O) groups excluding carboxylic acids is 1. The van der Waals surface area contributed by atoms with Gasteiger partial charge in [0.25, 0.3) is 5.91 Å². The number of aryl methyl sites for hydroxylation is 1. The first-order chi connectivity index (χ1) is 15.1. The van der Waals surface area contributed by atoms with Gasteiger partial charge in [-0.3, -0.25) is 9.78 Å². The zero-order chi connectivity index (χ0) is 23.7. The number of aromatic nitrogens is 1. The molecule has 9 heteroatoms. The van der Waals surface area contributed by atoms with Crippen molar-refractivity contribution in [3.63, 3.8) is 0 Å². The molecule has 1 aliphatic heterocycles. The van der Waals surface area contributed by atoms with E-state index in [-0.39, 0.29) is 11.4 Å². The molecule has 0 aliphatic carbocycles. The van der Waals surface area contributed by atoms with Gasteiger partial charge in [0, 0.05) is 31.0 Å². The van der Waals surface area contributed by atoms with Crippen molar-refractivity contribution in [2.45, 2.75) is 39.2 Å². The molecule has 0 atom stereocenters. The number of amides is 1. The highest BCUT2D eigenvalue weighted by atomic mass is 16.5. The third-order valence-electron chi connectivity index (χ3n) is 4.53. The van der Waals surface area contributed by atoms with Crippen molar-refractivity contribution in [1.29, 1.82) is 0 Å². The van der Waals surface area contributed by atoms with Crippen molar-refractivity contribution >= 4 is 23.5 Å². The Balaban J connectivity index is 0.000000534. The topological polar surface area (TPSA) is 129 Å².